The maximum atomic E-state index is 5.89. The Hall–Kier alpha value is -3.78. The first-order valence-corrected chi connectivity index (χ1v) is 11.1. The lowest BCUT2D eigenvalue weighted by Gasteiger charge is -2.11. The fourth-order valence-electron chi connectivity index (χ4n) is 4.55. The first-order valence-electron chi connectivity index (χ1n) is 11.1. The zero-order valence-electron chi connectivity index (χ0n) is 18.6. The second kappa shape index (κ2) is 8.39. The summed E-state index contributed by atoms with van der Waals surface area (Å²) in [4.78, 5) is 3.50. The highest BCUT2D eigenvalue weighted by atomic mass is 16.3. The molecule has 3 aromatic carbocycles. The molecule has 1 unspecified atom stereocenters. The maximum Gasteiger partial charge on any atom is 0.134 e. The van der Waals surface area contributed by atoms with E-state index in [2.05, 4.69) is 96.5 Å². The molecule has 2 heterocycles. The van der Waals surface area contributed by atoms with Crippen molar-refractivity contribution in [2.75, 3.05) is 0 Å². The van der Waals surface area contributed by atoms with E-state index >= 15 is 0 Å². The van der Waals surface area contributed by atoms with Crippen LogP contribution >= 0.6 is 0 Å². The molecule has 0 aliphatic rings. The number of aryl methyl sites for hydroxylation is 1. The lowest BCUT2D eigenvalue weighted by Crippen LogP contribution is -1.93. The van der Waals surface area contributed by atoms with Crippen LogP contribution in [-0.2, 0) is 0 Å². The molecule has 32 heavy (non-hydrogen) atoms. The number of nitrogens with one attached hydrogen (secondary N) is 1. The molecule has 5 aromatic rings. The fraction of sp³-hybridized carbons (Fsp3) is 0.133. The Labute approximate surface area is 188 Å². The first kappa shape index (κ1) is 20.1. The van der Waals surface area contributed by atoms with Gasteiger partial charge in [0.2, 0.25) is 0 Å². The summed E-state index contributed by atoms with van der Waals surface area (Å²) in [6.45, 7) is 8.16. The Kier molecular flexibility index (Phi) is 5.28. The number of aromatic amines is 1. The molecule has 0 fully saturated rings. The summed E-state index contributed by atoms with van der Waals surface area (Å²) in [6.07, 6.45) is 11.6. The topological polar surface area (TPSA) is 28.9 Å². The largest absolute Gasteiger partial charge is 0.461 e. The normalized spacial score (nSPS) is 13.2. The van der Waals surface area contributed by atoms with Gasteiger partial charge in [-0.25, -0.2) is 0 Å². The van der Waals surface area contributed by atoms with Gasteiger partial charge in [0.05, 0.1) is 0 Å². The average molecular weight is 418 g/mol. The van der Waals surface area contributed by atoms with Crippen molar-refractivity contribution in [3.8, 4) is 0 Å². The molecule has 158 valence electrons. The lowest BCUT2D eigenvalue weighted by atomic mass is 9.94. The number of benzene rings is 3. The summed E-state index contributed by atoms with van der Waals surface area (Å²) in [5.74, 6) is 1.22. The molecule has 2 heteroatoms. The summed E-state index contributed by atoms with van der Waals surface area (Å²) in [7, 11) is 0. The van der Waals surface area contributed by atoms with Crippen LogP contribution in [0.2, 0.25) is 0 Å². The minimum atomic E-state index is 0.266. The van der Waals surface area contributed by atoms with Gasteiger partial charge in [-0.15, -0.1) is 6.58 Å². The van der Waals surface area contributed by atoms with Gasteiger partial charge in [0.1, 0.15) is 11.3 Å². The highest BCUT2D eigenvalue weighted by Crippen LogP contribution is 2.31. The molecular weight excluding hydrogens is 390 g/mol. The summed E-state index contributed by atoms with van der Waals surface area (Å²) in [6, 6.07) is 21.5. The van der Waals surface area contributed by atoms with Gasteiger partial charge >= 0.3 is 0 Å². The van der Waals surface area contributed by atoms with Gasteiger partial charge in [0, 0.05) is 38.7 Å². The van der Waals surface area contributed by atoms with Gasteiger partial charge in [-0.05, 0) is 61.7 Å². The molecule has 5 rings (SSSR count). The van der Waals surface area contributed by atoms with Gasteiger partial charge < -0.3 is 9.40 Å². The molecule has 0 amide bonds. The van der Waals surface area contributed by atoms with Crippen molar-refractivity contribution in [1.29, 1.82) is 0 Å². The molecule has 0 spiro atoms. The van der Waals surface area contributed by atoms with Gasteiger partial charge in [0.25, 0.3) is 0 Å². The van der Waals surface area contributed by atoms with Crippen molar-refractivity contribution >= 4 is 44.9 Å². The number of rotatable bonds is 6. The molecule has 2 aromatic heterocycles. The number of para-hydroxylation sites is 1. The predicted molar refractivity (Wildman–Crippen MR) is 138 cm³/mol. The molecule has 1 atom stereocenters. The van der Waals surface area contributed by atoms with Crippen LogP contribution in [0.25, 0.3) is 44.9 Å². The summed E-state index contributed by atoms with van der Waals surface area (Å²) in [5.41, 5.74) is 6.92. The summed E-state index contributed by atoms with van der Waals surface area (Å²) < 4.78 is 5.89. The second-order valence-electron chi connectivity index (χ2n) is 8.28. The number of hydrogen-bond donors (Lipinski definition) is 1. The fourth-order valence-corrected chi connectivity index (χ4v) is 4.55. The van der Waals surface area contributed by atoms with Crippen LogP contribution in [0.4, 0.5) is 0 Å². The highest BCUT2D eigenvalue weighted by molar-refractivity contribution is 6.07. The van der Waals surface area contributed by atoms with E-state index in [1.165, 1.54) is 32.9 Å². The van der Waals surface area contributed by atoms with Crippen LogP contribution in [-0.4, -0.2) is 4.98 Å². The number of aromatic nitrogens is 1. The molecule has 1 N–H and O–H groups in total. The van der Waals surface area contributed by atoms with Gasteiger partial charge in [-0.1, -0.05) is 60.7 Å². The molecule has 0 saturated heterocycles. The minimum Gasteiger partial charge on any atom is -0.461 e. The quantitative estimate of drug-likeness (QED) is 0.275. The van der Waals surface area contributed by atoms with Crippen LogP contribution in [0.3, 0.4) is 0 Å². The number of fused-ring (bicyclic) bond motifs is 4. The van der Waals surface area contributed by atoms with E-state index in [9.17, 15) is 0 Å². The van der Waals surface area contributed by atoms with E-state index in [-0.39, 0.29) is 5.92 Å². The summed E-state index contributed by atoms with van der Waals surface area (Å²) >= 11 is 0. The summed E-state index contributed by atoms with van der Waals surface area (Å²) in [5, 5.41) is 3.70. The maximum absolute atomic E-state index is 5.89. The van der Waals surface area contributed by atoms with Crippen molar-refractivity contribution < 1.29 is 4.42 Å². The lowest BCUT2D eigenvalue weighted by molar-refractivity contribution is 0.577. The van der Waals surface area contributed by atoms with Crippen molar-refractivity contribution in [3.05, 3.63) is 108 Å². The van der Waals surface area contributed by atoms with E-state index in [0.717, 1.165) is 28.7 Å². The van der Waals surface area contributed by atoms with Crippen molar-refractivity contribution in [2.24, 2.45) is 0 Å². The molecule has 0 aliphatic heterocycles. The zero-order chi connectivity index (χ0) is 22.1. The third kappa shape index (κ3) is 3.58. The Morgan fingerprint density at radius 2 is 1.78 bits per heavy atom. The molecule has 0 bridgehead atoms. The van der Waals surface area contributed by atoms with Gasteiger partial charge in [-0.2, -0.15) is 0 Å². The molecule has 0 saturated carbocycles. The monoisotopic (exact) mass is 417 g/mol. The smallest absolute Gasteiger partial charge is 0.134 e. The van der Waals surface area contributed by atoms with Crippen LogP contribution in [0.15, 0.2) is 89.9 Å². The number of allylic oxidation sites excluding steroid dienone is 3. The number of H-pyrrole nitrogens is 1. The zero-order valence-corrected chi connectivity index (χ0v) is 18.6. The van der Waals surface area contributed by atoms with E-state index in [4.69, 9.17) is 4.42 Å². The third-order valence-electron chi connectivity index (χ3n) is 6.21. The highest BCUT2D eigenvalue weighted by Gasteiger charge is 2.11. The van der Waals surface area contributed by atoms with Gasteiger partial charge in [0.15, 0.2) is 0 Å². The van der Waals surface area contributed by atoms with E-state index in [1.807, 2.05) is 19.9 Å². The van der Waals surface area contributed by atoms with Crippen molar-refractivity contribution in [1.82, 2.24) is 4.98 Å². The van der Waals surface area contributed by atoms with Crippen LogP contribution in [0, 0.1) is 6.92 Å². The number of furan rings is 1. The van der Waals surface area contributed by atoms with E-state index in [0.29, 0.717) is 0 Å². The Morgan fingerprint density at radius 1 is 0.938 bits per heavy atom. The average Bonchev–Trinajstić information content (AvgIpc) is 3.33. The predicted octanol–water partition coefficient (Wildman–Crippen LogP) is 8.78. The molecule has 0 radical (unpaired) electrons. The van der Waals surface area contributed by atoms with Crippen LogP contribution in [0.5, 0.6) is 0 Å². The molecule has 0 aliphatic carbocycles. The van der Waals surface area contributed by atoms with E-state index < -0.39 is 0 Å². The Balaban J connectivity index is 1.41. The third-order valence-corrected chi connectivity index (χ3v) is 6.21. The van der Waals surface area contributed by atoms with Crippen molar-refractivity contribution in [3.63, 3.8) is 0 Å². The SMILES string of the molecule is C=CC(C/C=C/c1ccc2oc(C)c(/C=C\C)c2c1)c1ccc2[nH]c3ccccc3c2c1. The van der Waals surface area contributed by atoms with Crippen LogP contribution in [0.1, 0.15) is 41.7 Å². The Morgan fingerprint density at radius 3 is 2.62 bits per heavy atom. The first-order chi connectivity index (χ1) is 15.7. The van der Waals surface area contributed by atoms with E-state index in [1.54, 1.807) is 0 Å². The standard InChI is InChI=1S/C30H27NO/c1-4-9-24-20(3)32-30-17-14-21(18-27(24)30)10-8-11-22(5-2)23-15-16-29-26(19-23)25-12-6-7-13-28(25)31-29/h4-10,12-19,22,31H,2,11H2,1,3H3/b9-4-,10-8+. The minimum absolute atomic E-state index is 0.266. The number of hydrogen-bond acceptors (Lipinski definition) is 1. The Bertz CT molecular complexity index is 1490. The van der Waals surface area contributed by atoms with Crippen LogP contribution < -0.4 is 0 Å². The molecular formula is C30H27NO. The van der Waals surface area contributed by atoms with Crippen molar-refractivity contribution in [2.45, 2.75) is 26.2 Å². The second-order valence-corrected chi connectivity index (χ2v) is 8.28. The van der Waals surface area contributed by atoms with Gasteiger partial charge in [-0.3, -0.25) is 0 Å². The molecule has 2 nitrogen and oxygen atoms in total.